The maximum absolute atomic E-state index is 11.8. The van der Waals surface area contributed by atoms with Gasteiger partial charge in [0.1, 0.15) is 0 Å². The zero-order chi connectivity index (χ0) is 14.5. The van der Waals surface area contributed by atoms with E-state index >= 15 is 0 Å². The molecule has 0 aliphatic carbocycles. The van der Waals surface area contributed by atoms with Gasteiger partial charge in [0.15, 0.2) is 0 Å². The van der Waals surface area contributed by atoms with Gasteiger partial charge in [-0.05, 0) is 44.2 Å². The molecule has 2 aromatic carbocycles. The highest BCUT2D eigenvalue weighted by Crippen LogP contribution is 2.30. The SMILES string of the molecule is CCOC(=O)c1cc(Sc2cccc(C)c2)ccc1N. The number of benzene rings is 2. The number of hydrogen-bond acceptors (Lipinski definition) is 4. The van der Waals surface area contributed by atoms with Gasteiger partial charge < -0.3 is 10.5 Å². The number of nitrogens with two attached hydrogens (primary N) is 1. The number of anilines is 1. The molecular weight excluding hydrogens is 270 g/mol. The van der Waals surface area contributed by atoms with Gasteiger partial charge in [-0.1, -0.05) is 29.5 Å². The van der Waals surface area contributed by atoms with Crippen LogP contribution >= 0.6 is 11.8 Å². The smallest absolute Gasteiger partial charge is 0.340 e. The minimum absolute atomic E-state index is 0.341. The highest BCUT2D eigenvalue weighted by Gasteiger charge is 2.12. The van der Waals surface area contributed by atoms with Crippen LogP contribution in [0.25, 0.3) is 0 Å². The first-order valence-corrected chi connectivity index (χ1v) is 7.23. The van der Waals surface area contributed by atoms with Crippen molar-refractivity contribution in [3.63, 3.8) is 0 Å². The molecule has 0 aromatic heterocycles. The number of rotatable bonds is 4. The van der Waals surface area contributed by atoms with Gasteiger partial charge in [0.25, 0.3) is 0 Å². The van der Waals surface area contributed by atoms with Gasteiger partial charge in [0.05, 0.1) is 12.2 Å². The van der Waals surface area contributed by atoms with Crippen molar-refractivity contribution in [2.45, 2.75) is 23.6 Å². The molecule has 2 rings (SSSR count). The Morgan fingerprint density at radius 2 is 1.95 bits per heavy atom. The van der Waals surface area contributed by atoms with Crippen molar-refractivity contribution in [1.29, 1.82) is 0 Å². The van der Waals surface area contributed by atoms with Crippen LogP contribution in [0.4, 0.5) is 5.69 Å². The minimum Gasteiger partial charge on any atom is -0.462 e. The number of carbonyl (C=O) groups is 1. The predicted molar refractivity (Wildman–Crippen MR) is 82.1 cm³/mol. The van der Waals surface area contributed by atoms with Crippen LogP contribution in [-0.4, -0.2) is 12.6 Å². The van der Waals surface area contributed by atoms with Gasteiger partial charge in [-0.25, -0.2) is 4.79 Å². The van der Waals surface area contributed by atoms with Crippen LogP contribution in [-0.2, 0) is 4.74 Å². The lowest BCUT2D eigenvalue weighted by Crippen LogP contribution is -2.07. The van der Waals surface area contributed by atoms with E-state index in [0.29, 0.717) is 17.9 Å². The van der Waals surface area contributed by atoms with Crippen molar-refractivity contribution >= 4 is 23.4 Å². The molecule has 0 aliphatic rings. The molecule has 0 saturated heterocycles. The molecule has 0 heterocycles. The first-order chi connectivity index (χ1) is 9.60. The third-order valence-corrected chi connectivity index (χ3v) is 3.72. The van der Waals surface area contributed by atoms with Gasteiger partial charge in [-0.15, -0.1) is 0 Å². The topological polar surface area (TPSA) is 52.3 Å². The maximum Gasteiger partial charge on any atom is 0.340 e. The molecule has 0 saturated carbocycles. The molecule has 0 unspecified atom stereocenters. The Morgan fingerprint density at radius 3 is 2.65 bits per heavy atom. The number of carbonyl (C=O) groups excluding carboxylic acids is 1. The first kappa shape index (κ1) is 14.5. The molecule has 0 aliphatic heterocycles. The van der Waals surface area contributed by atoms with E-state index in [4.69, 9.17) is 10.5 Å². The highest BCUT2D eigenvalue weighted by molar-refractivity contribution is 7.99. The lowest BCUT2D eigenvalue weighted by Gasteiger charge is -2.08. The Morgan fingerprint density at radius 1 is 1.20 bits per heavy atom. The molecule has 0 spiro atoms. The van der Waals surface area contributed by atoms with Crippen molar-refractivity contribution < 1.29 is 9.53 Å². The highest BCUT2D eigenvalue weighted by atomic mass is 32.2. The largest absolute Gasteiger partial charge is 0.462 e. The van der Waals surface area contributed by atoms with E-state index in [-0.39, 0.29) is 5.97 Å². The zero-order valence-corrected chi connectivity index (χ0v) is 12.4. The van der Waals surface area contributed by atoms with Crippen LogP contribution in [0.3, 0.4) is 0 Å². The van der Waals surface area contributed by atoms with E-state index in [9.17, 15) is 4.79 Å². The quantitative estimate of drug-likeness (QED) is 0.684. The number of nitrogen functional groups attached to an aromatic ring is 1. The summed E-state index contributed by atoms with van der Waals surface area (Å²) < 4.78 is 5.00. The van der Waals surface area contributed by atoms with E-state index in [2.05, 4.69) is 19.1 Å². The van der Waals surface area contributed by atoms with E-state index < -0.39 is 0 Å². The molecule has 4 heteroatoms. The second kappa shape index (κ2) is 6.48. The minimum atomic E-state index is -0.378. The third-order valence-electron chi connectivity index (χ3n) is 2.75. The molecule has 3 nitrogen and oxygen atoms in total. The van der Waals surface area contributed by atoms with Gasteiger partial charge >= 0.3 is 5.97 Å². The van der Waals surface area contributed by atoms with Crippen LogP contribution in [0, 0.1) is 6.92 Å². The van der Waals surface area contributed by atoms with E-state index in [1.807, 2.05) is 18.2 Å². The standard InChI is InChI=1S/C16H17NO2S/c1-3-19-16(18)14-10-13(7-8-15(14)17)20-12-6-4-5-11(2)9-12/h4-10H,3,17H2,1-2H3. The van der Waals surface area contributed by atoms with E-state index in [0.717, 1.165) is 9.79 Å². The van der Waals surface area contributed by atoms with Crippen molar-refractivity contribution in [1.82, 2.24) is 0 Å². The Bertz CT molecular complexity index is 626. The molecule has 2 aromatic rings. The molecule has 20 heavy (non-hydrogen) atoms. The fourth-order valence-electron chi connectivity index (χ4n) is 1.80. The molecule has 104 valence electrons. The summed E-state index contributed by atoms with van der Waals surface area (Å²) in [5, 5.41) is 0. The molecule has 0 bridgehead atoms. The summed E-state index contributed by atoms with van der Waals surface area (Å²) in [5.74, 6) is -0.378. The van der Waals surface area contributed by atoms with Crippen LogP contribution in [0.5, 0.6) is 0 Å². The van der Waals surface area contributed by atoms with Crippen LogP contribution in [0.2, 0.25) is 0 Å². The number of esters is 1. The molecule has 0 fully saturated rings. The second-order valence-electron chi connectivity index (χ2n) is 4.39. The molecule has 0 radical (unpaired) electrons. The normalized spacial score (nSPS) is 10.3. The number of ether oxygens (including phenoxy) is 1. The van der Waals surface area contributed by atoms with Gasteiger partial charge in [-0.3, -0.25) is 0 Å². The number of aryl methyl sites for hydroxylation is 1. The predicted octanol–water partition coefficient (Wildman–Crippen LogP) is 3.91. The molecule has 0 amide bonds. The first-order valence-electron chi connectivity index (χ1n) is 6.41. The Labute approximate surface area is 123 Å². The second-order valence-corrected chi connectivity index (χ2v) is 5.54. The summed E-state index contributed by atoms with van der Waals surface area (Å²) in [5.41, 5.74) is 7.90. The maximum atomic E-state index is 11.8. The Hall–Kier alpha value is -1.94. The molecule has 0 atom stereocenters. The van der Waals surface area contributed by atoms with E-state index in [1.165, 1.54) is 5.56 Å². The lowest BCUT2D eigenvalue weighted by atomic mass is 10.2. The van der Waals surface area contributed by atoms with E-state index in [1.54, 1.807) is 30.8 Å². The van der Waals surface area contributed by atoms with Gasteiger partial charge in [-0.2, -0.15) is 0 Å². The van der Waals surface area contributed by atoms with Crippen LogP contribution in [0.15, 0.2) is 52.3 Å². The van der Waals surface area contributed by atoms with Crippen molar-refractivity contribution in [2.75, 3.05) is 12.3 Å². The van der Waals surface area contributed by atoms with Crippen LogP contribution < -0.4 is 5.73 Å². The molecular formula is C16H17NO2S. The van der Waals surface area contributed by atoms with Gasteiger partial charge in [0.2, 0.25) is 0 Å². The number of hydrogen-bond donors (Lipinski definition) is 1. The summed E-state index contributed by atoms with van der Waals surface area (Å²) in [6.07, 6.45) is 0. The summed E-state index contributed by atoms with van der Waals surface area (Å²) in [7, 11) is 0. The summed E-state index contributed by atoms with van der Waals surface area (Å²) >= 11 is 1.60. The zero-order valence-electron chi connectivity index (χ0n) is 11.6. The van der Waals surface area contributed by atoms with Crippen LogP contribution in [0.1, 0.15) is 22.8 Å². The van der Waals surface area contributed by atoms with Gasteiger partial charge in [0, 0.05) is 15.5 Å². The van der Waals surface area contributed by atoms with Crippen molar-refractivity contribution in [2.24, 2.45) is 0 Å². The average molecular weight is 287 g/mol. The fourth-order valence-corrected chi connectivity index (χ4v) is 2.78. The van der Waals surface area contributed by atoms with Crippen molar-refractivity contribution in [3.05, 3.63) is 53.6 Å². The molecule has 2 N–H and O–H groups in total. The summed E-state index contributed by atoms with van der Waals surface area (Å²) in [6, 6.07) is 13.6. The Balaban J connectivity index is 2.25. The lowest BCUT2D eigenvalue weighted by molar-refractivity contribution is 0.0527. The Kier molecular flexibility index (Phi) is 4.69. The fraction of sp³-hybridized carbons (Fsp3) is 0.188. The third kappa shape index (κ3) is 3.54. The monoisotopic (exact) mass is 287 g/mol. The van der Waals surface area contributed by atoms with Crippen molar-refractivity contribution in [3.8, 4) is 0 Å². The summed E-state index contributed by atoms with van der Waals surface area (Å²) in [6.45, 7) is 4.17. The summed E-state index contributed by atoms with van der Waals surface area (Å²) in [4.78, 5) is 13.9. The average Bonchev–Trinajstić information content (AvgIpc) is 2.41.